The standard InChI is InChI=1S/C10H15ClO/c1-9(2)7-3-4-10(5-7,6-11)8(9)12/h7H,3-6H2,1-2H3/t7-,10+/m0/s1. The molecule has 0 radical (unpaired) electrons. The zero-order valence-electron chi connectivity index (χ0n) is 7.69. The lowest BCUT2D eigenvalue weighted by Gasteiger charge is -2.32. The summed E-state index contributed by atoms with van der Waals surface area (Å²) < 4.78 is 0. The van der Waals surface area contributed by atoms with E-state index < -0.39 is 0 Å². The molecule has 2 aliphatic rings. The highest BCUT2D eigenvalue weighted by molar-refractivity contribution is 6.20. The van der Waals surface area contributed by atoms with Crippen LogP contribution in [0.4, 0.5) is 0 Å². The maximum absolute atomic E-state index is 12.0. The van der Waals surface area contributed by atoms with Crippen molar-refractivity contribution in [1.82, 2.24) is 0 Å². The van der Waals surface area contributed by atoms with E-state index in [1.54, 1.807) is 0 Å². The average Bonchev–Trinajstić information content (AvgIpc) is 2.53. The fraction of sp³-hybridized carbons (Fsp3) is 0.900. The van der Waals surface area contributed by atoms with Gasteiger partial charge < -0.3 is 0 Å². The molecule has 2 bridgehead atoms. The minimum absolute atomic E-state index is 0.0901. The molecule has 0 amide bonds. The minimum atomic E-state index is -0.129. The smallest absolute Gasteiger partial charge is 0.146 e. The minimum Gasteiger partial charge on any atom is -0.298 e. The van der Waals surface area contributed by atoms with Crippen molar-refractivity contribution in [2.75, 3.05) is 5.88 Å². The van der Waals surface area contributed by atoms with Crippen molar-refractivity contribution in [1.29, 1.82) is 0 Å². The van der Waals surface area contributed by atoms with E-state index in [4.69, 9.17) is 11.6 Å². The Morgan fingerprint density at radius 3 is 2.58 bits per heavy atom. The van der Waals surface area contributed by atoms with E-state index in [9.17, 15) is 4.79 Å². The Hall–Kier alpha value is -0.0400. The average molecular weight is 187 g/mol. The van der Waals surface area contributed by atoms with E-state index in [0.29, 0.717) is 17.6 Å². The van der Waals surface area contributed by atoms with Crippen molar-refractivity contribution in [2.24, 2.45) is 16.7 Å². The molecule has 0 spiro atoms. The normalized spacial score (nSPS) is 43.9. The molecule has 1 nitrogen and oxygen atoms in total. The third-order valence-corrected chi connectivity index (χ3v) is 4.46. The Bertz CT molecular complexity index is 234. The maximum Gasteiger partial charge on any atom is 0.146 e. The maximum atomic E-state index is 12.0. The summed E-state index contributed by atoms with van der Waals surface area (Å²) in [6, 6.07) is 0. The molecule has 2 heteroatoms. The summed E-state index contributed by atoms with van der Waals surface area (Å²) in [6.07, 6.45) is 3.28. The van der Waals surface area contributed by atoms with Crippen LogP contribution < -0.4 is 0 Å². The van der Waals surface area contributed by atoms with Crippen molar-refractivity contribution < 1.29 is 4.79 Å². The highest BCUT2D eigenvalue weighted by Gasteiger charge is 2.60. The van der Waals surface area contributed by atoms with Crippen LogP contribution in [0.5, 0.6) is 0 Å². The quantitative estimate of drug-likeness (QED) is 0.576. The number of rotatable bonds is 1. The molecule has 2 rings (SSSR count). The number of fused-ring (bicyclic) bond motifs is 2. The van der Waals surface area contributed by atoms with Crippen molar-refractivity contribution in [3.8, 4) is 0 Å². The lowest BCUT2D eigenvalue weighted by atomic mass is 9.71. The van der Waals surface area contributed by atoms with Crippen LogP contribution in [0.1, 0.15) is 33.1 Å². The SMILES string of the molecule is CC1(C)C(=O)[C@]2(CCl)CC[C@H]1C2. The first kappa shape index (κ1) is 8.55. The Morgan fingerprint density at radius 2 is 2.25 bits per heavy atom. The van der Waals surface area contributed by atoms with E-state index in [2.05, 4.69) is 13.8 Å². The van der Waals surface area contributed by atoms with Gasteiger partial charge >= 0.3 is 0 Å². The third-order valence-electron chi connectivity index (χ3n) is 3.95. The summed E-state index contributed by atoms with van der Waals surface area (Å²) in [5, 5.41) is 0. The molecule has 2 aliphatic carbocycles. The van der Waals surface area contributed by atoms with Crippen molar-refractivity contribution in [2.45, 2.75) is 33.1 Å². The number of carbonyl (C=O) groups excluding carboxylic acids is 1. The van der Waals surface area contributed by atoms with Crippen LogP contribution in [0.3, 0.4) is 0 Å². The number of ketones is 1. The predicted octanol–water partition coefficient (Wildman–Crippen LogP) is 2.62. The number of carbonyl (C=O) groups is 1. The predicted molar refractivity (Wildman–Crippen MR) is 49.3 cm³/mol. The Morgan fingerprint density at radius 1 is 1.58 bits per heavy atom. The van der Waals surface area contributed by atoms with Crippen molar-refractivity contribution in [3.63, 3.8) is 0 Å². The monoisotopic (exact) mass is 186 g/mol. The van der Waals surface area contributed by atoms with Gasteiger partial charge in [0.05, 0.1) is 0 Å². The molecule has 68 valence electrons. The highest BCUT2D eigenvalue weighted by atomic mass is 35.5. The summed E-state index contributed by atoms with van der Waals surface area (Å²) in [5.41, 5.74) is -0.219. The van der Waals surface area contributed by atoms with Gasteiger partial charge in [-0.2, -0.15) is 0 Å². The van der Waals surface area contributed by atoms with Gasteiger partial charge in [0.25, 0.3) is 0 Å². The van der Waals surface area contributed by atoms with Crippen LogP contribution in [-0.4, -0.2) is 11.7 Å². The van der Waals surface area contributed by atoms with E-state index in [1.165, 1.54) is 6.42 Å². The van der Waals surface area contributed by atoms with Crippen LogP contribution in [-0.2, 0) is 4.79 Å². The van der Waals surface area contributed by atoms with Gasteiger partial charge in [0.1, 0.15) is 5.78 Å². The van der Waals surface area contributed by atoms with Gasteiger partial charge in [-0.1, -0.05) is 13.8 Å². The number of halogens is 1. The number of Topliss-reactive ketones (excluding diaryl/α,β-unsaturated/α-hetero) is 1. The molecular formula is C10H15ClO. The molecule has 0 N–H and O–H groups in total. The molecule has 0 heterocycles. The van der Waals surface area contributed by atoms with Crippen LogP contribution in [0.25, 0.3) is 0 Å². The van der Waals surface area contributed by atoms with Gasteiger partial charge in [-0.3, -0.25) is 4.79 Å². The van der Waals surface area contributed by atoms with Gasteiger partial charge in [-0.15, -0.1) is 11.6 Å². The Balaban J connectivity index is 2.38. The first-order chi connectivity index (χ1) is 5.53. The summed E-state index contributed by atoms with van der Waals surface area (Å²) in [6.45, 7) is 4.15. The molecule has 0 aromatic heterocycles. The molecule has 2 saturated carbocycles. The van der Waals surface area contributed by atoms with Gasteiger partial charge in [0, 0.05) is 16.7 Å². The molecule has 0 saturated heterocycles. The van der Waals surface area contributed by atoms with E-state index in [0.717, 1.165) is 12.8 Å². The summed E-state index contributed by atoms with van der Waals surface area (Å²) >= 11 is 5.89. The summed E-state index contributed by atoms with van der Waals surface area (Å²) in [7, 11) is 0. The van der Waals surface area contributed by atoms with Gasteiger partial charge in [0.2, 0.25) is 0 Å². The van der Waals surface area contributed by atoms with E-state index in [-0.39, 0.29) is 10.8 Å². The molecule has 12 heavy (non-hydrogen) atoms. The second kappa shape index (κ2) is 2.25. The zero-order chi connectivity index (χ0) is 8.98. The van der Waals surface area contributed by atoms with Gasteiger partial charge in [-0.25, -0.2) is 0 Å². The van der Waals surface area contributed by atoms with Crippen molar-refractivity contribution in [3.05, 3.63) is 0 Å². The van der Waals surface area contributed by atoms with E-state index >= 15 is 0 Å². The number of alkyl halides is 1. The summed E-state index contributed by atoms with van der Waals surface area (Å²) in [4.78, 5) is 12.0. The third kappa shape index (κ3) is 0.783. The molecular weight excluding hydrogens is 172 g/mol. The lowest BCUT2D eigenvalue weighted by Crippen LogP contribution is -2.37. The molecule has 2 atom stereocenters. The fourth-order valence-corrected chi connectivity index (χ4v) is 3.36. The molecule has 0 aromatic carbocycles. The lowest BCUT2D eigenvalue weighted by molar-refractivity contribution is -0.134. The first-order valence-corrected chi connectivity index (χ1v) is 5.17. The van der Waals surface area contributed by atoms with Crippen LogP contribution >= 0.6 is 11.6 Å². The molecule has 0 unspecified atom stereocenters. The Labute approximate surface area is 78.5 Å². The van der Waals surface area contributed by atoms with Gasteiger partial charge in [-0.05, 0) is 25.2 Å². The van der Waals surface area contributed by atoms with Gasteiger partial charge in [0.15, 0.2) is 0 Å². The second-order valence-electron chi connectivity index (χ2n) is 4.90. The summed E-state index contributed by atoms with van der Waals surface area (Å²) in [5.74, 6) is 1.55. The largest absolute Gasteiger partial charge is 0.298 e. The first-order valence-electron chi connectivity index (χ1n) is 4.64. The van der Waals surface area contributed by atoms with Crippen LogP contribution in [0, 0.1) is 16.7 Å². The van der Waals surface area contributed by atoms with Crippen molar-refractivity contribution >= 4 is 17.4 Å². The zero-order valence-corrected chi connectivity index (χ0v) is 8.45. The molecule has 0 aromatic rings. The van der Waals surface area contributed by atoms with Crippen LogP contribution in [0.15, 0.2) is 0 Å². The molecule has 2 fully saturated rings. The fourth-order valence-electron chi connectivity index (χ4n) is 3.00. The van der Waals surface area contributed by atoms with E-state index in [1.807, 2.05) is 0 Å². The number of hydrogen-bond acceptors (Lipinski definition) is 1. The Kier molecular flexibility index (Phi) is 1.61. The topological polar surface area (TPSA) is 17.1 Å². The highest BCUT2D eigenvalue weighted by Crippen LogP contribution is 2.60. The molecule has 0 aliphatic heterocycles. The second-order valence-corrected chi connectivity index (χ2v) is 5.17. The van der Waals surface area contributed by atoms with Crippen LogP contribution in [0.2, 0.25) is 0 Å². The number of hydrogen-bond donors (Lipinski definition) is 0.